The van der Waals surface area contributed by atoms with Crippen LogP contribution in [-0.4, -0.2) is 18.2 Å². The second-order valence-electron chi connectivity index (χ2n) is 2.16. The van der Waals surface area contributed by atoms with Crippen LogP contribution in [-0.2, 0) is 6.42 Å². The number of nitrogens with one attached hydrogen (secondary N) is 1. The largest absolute Gasteiger partial charge is 0.360 e. The maximum Gasteiger partial charge on any atom is 0.0594 e. The van der Waals surface area contributed by atoms with Crippen molar-refractivity contribution < 1.29 is 0 Å². The molecule has 1 heterocycles. The number of H-pyrrole nitrogens is 1. The monoisotopic (exact) mass is 136 g/mol. The van der Waals surface area contributed by atoms with E-state index < -0.39 is 0 Å². The molecular weight excluding hydrogens is 124 g/mol. The zero-order valence-electron chi connectivity index (χ0n) is 6.39. The van der Waals surface area contributed by atoms with Gasteiger partial charge < -0.3 is 4.98 Å². The molecule has 0 aliphatic heterocycles. The summed E-state index contributed by atoms with van der Waals surface area (Å²) in [5, 5.41) is 0. The molecule has 1 rings (SSSR count). The predicted molar refractivity (Wildman–Crippen MR) is 43.7 cm³/mol. The number of aryl methyl sites for hydroxylation is 1. The summed E-state index contributed by atoms with van der Waals surface area (Å²) in [5.74, 6) is 0. The third kappa shape index (κ3) is 1.26. The van der Waals surface area contributed by atoms with Gasteiger partial charge in [0.2, 0.25) is 0 Å². The standard InChI is InChI=1S/C8H12N2/c1-3-7-4-5-10-8(7)6-9-2/h4-6,10H,3H2,1-2H3. The average Bonchev–Trinajstić information content (AvgIpc) is 2.36. The van der Waals surface area contributed by atoms with Crippen LogP contribution in [0.2, 0.25) is 0 Å². The summed E-state index contributed by atoms with van der Waals surface area (Å²) in [7, 11) is 1.78. The molecule has 0 saturated carbocycles. The van der Waals surface area contributed by atoms with Gasteiger partial charge in [-0.05, 0) is 18.1 Å². The van der Waals surface area contributed by atoms with Gasteiger partial charge >= 0.3 is 0 Å². The number of aromatic nitrogens is 1. The van der Waals surface area contributed by atoms with E-state index in [0.29, 0.717) is 0 Å². The second kappa shape index (κ2) is 3.20. The van der Waals surface area contributed by atoms with Gasteiger partial charge in [-0.3, -0.25) is 4.99 Å². The quantitative estimate of drug-likeness (QED) is 0.598. The fourth-order valence-electron chi connectivity index (χ4n) is 0.972. The first kappa shape index (κ1) is 7.06. The van der Waals surface area contributed by atoms with Crippen LogP contribution in [0, 0.1) is 0 Å². The molecule has 2 heteroatoms. The van der Waals surface area contributed by atoms with Gasteiger partial charge in [-0.1, -0.05) is 6.92 Å². The molecule has 0 unspecified atom stereocenters. The highest BCUT2D eigenvalue weighted by Gasteiger charge is 1.95. The highest BCUT2D eigenvalue weighted by Crippen LogP contribution is 2.03. The summed E-state index contributed by atoms with van der Waals surface area (Å²) >= 11 is 0. The zero-order chi connectivity index (χ0) is 7.40. The maximum absolute atomic E-state index is 3.93. The molecule has 1 N–H and O–H groups in total. The van der Waals surface area contributed by atoms with Crippen LogP contribution in [0.5, 0.6) is 0 Å². The first-order chi connectivity index (χ1) is 4.88. The summed E-state index contributed by atoms with van der Waals surface area (Å²) in [6, 6.07) is 2.08. The normalized spacial score (nSPS) is 11.0. The van der Waals surface area contributed by atoms with Gasteiger partial charge in [0, 0.05) is 19.5 Å². The Morgan fingerprint density at radius 3 is 3.10 bits per heavy atom. The molecule has 0 fully saturated rings. The number of aliphatic imine (C=N–C) groups is 1. The van der Waals surface area contributed by atoms with Crippen molar-refractivity contribution in [3.8, 4) is 0 Å². The Hall–Kier alpha value is -1.05. The Kier molecular flexibility index (Phi) is 2.26. The minimum atomic E-state index is 1.06. The summed E-state index contributed by atoms with van der Waals surface area (Å²) in [6.07, 6.45) is 4.85. The summed E-state index contributed by atoms with van der Waals surface area (Å²) in [4.78, 5) is 7.04. The molecule has 0 saturated heterocycles. The second-order valence-corrected chi connectivity index (χ2v) is 2.16. The van der Waals surface area contributed by atoms with Gasteiger partial charge in [0.1, 0.15) is 0 Å². The number of nitrogens with zero attached hydrogens (tertiary/aromatic N) is 1. The smallest absolute Gasteiger partial charge is 0.0594 e. The van der Waals surface area contributed by atoms with Crippen LogP contribution in [0.1, 0.15) is 18.2 Å². The van der Waals surface area contributed by atoms with Crippen molar-refractivity contribution in [2.75, 3.05) is 7.05 Å². The lowest BCUT2D eigenvalue weighted by atomic mass is 10.2. The lowest BCUT2D eigenvalue weighted by molar-refractivity contribution is 1.14. The number of hydrogen-bond acceptors (Lipinski definition) is 1. The average molecular weight is 136 g/mol. The highest BCUT2D eigenvalue weighted by atomic mass is 14.7. The Morgan fingerprint density at radius 2 is 2.50 bits per heavy atom. The number of hydrogen-bond donors (Lipinski definition) is 1. The first-order valence-electron chi connectivity index (χ1n) is 3.47. The highest BCUT2D eigenvalue weighted by molar-refractivity contribution is 5.79. The van der Waals surface area contributed by atoms with E-state index in [2.05, 4.69) is 23.0 Å². The van der Waals surface area contributed by atoms with Crippen molar-refractivity contribution >= 4 is 6.21 Å². The van der Waals surface area contributed by atoms with Crippen LogP contribution in [0.4, 0.5) is 0 Å². The summed E-state index contributed by atoms with van der Waals surface area (Å²) in [6.45, 7) is 2.14. The van der Waals surface area contributed by atoms with Crippen LogP contribution in [0.15, 0.2) is 17.3 Å². The molecule has 10 heavy (non-hydrogen) atoms. The Balaban J connectivity index is 2.90. The third-order valence-electron chi connectivity index (χ3n) is 1.51. The minimum Gasteiger partial charge on any atom is -0.360 e. The van der Waals surface area contributed by atoms with Crippen molar-refractivity contribution in [1.82, 2.24) is 4.98 Å². The van der Waals surface area contributed by atoms with E-state index in [1.54, 1.807) is 7.05 Å². The first-order valence-corrected chi connectivity index (χ1v) is 3.47. The SMILES string of the molecule is CCc1cc[nH]c1C=NC. The molecule has 0 aliphatic carbocycles. The van der Waals surface area contributed by atoms with Gasteiger partial charge in [-0.25, -0.2) is 0 Å². The van der Waals surface area contributed by atoms with E-state index in [-0.39, 0.29) is 0 Å². The molecule has 1 aromatic heterocycles. The Labute approximate surface area is 61.0 Å². The predicted octanol–water partition coefficient (Wildman–Crippen LogP) is 1.63. The molecule has 0 spiro atoms. The summed E-state index contributed by atoms with van der Waals surface area (Å²) in [5.41, 5.74) is 2.45. The van der Waals surface area contributed by atoms with Crippen LogP contribution in [0.3, 0.4) is 0 Å². The molecule has 0 aromatic carbocycles. The maximum atomic E-state index is 3.93. The topological polar surface area (TPSA) is 28.1 Å². The molecule has 2 nitrogen and oxygen atoms in total. The summed E-state index contributed by atoms with van der Waals surface area (Å²) < 4.78 is 0. The lowest BCUT2D eigenvalue weighted by Gasteiger charge is -1.90. The van der Waals surface area contributed by atoms with Crippen molar-refractivity contribution in [2.45, 2.75) is 13.3 Å². The lowest BCUT2D eigenvalue weighted by Crippen LogP contribution is -1.86. The Bertz CT molecular complexity index is 223. The third-order valence-corrected chi connectivity index (χ3v) is 1.51. The molecule has 0 radical (unpaired) electrons. The van der Waals surface area contributed by atoms with E-state index in [9.17, 15) is 0 Å². The molecule has 0 atom stereocenters. The fourth-order valence-corrected chi connectivity index (χ4v) is 0.972. The minimum absolute atomic E-state index is 1.06. The Morgan fingerprint density at radius 1 is 1.70 bits per heavy atom. The van der Waals surface area contributed by atoms with Crippen molar-refractivity contribution in [2.24, 2.45) is 4.99 Å². The van der Waals surface area contributed by atoms with Crippen molar-refractivity contribution in [3.05, 3.63) is 23.5 Å². The molecular formula is C8H12N2. The van der Waals surface area contributed by atoms with Crippen LogP contribution >= 0.6 is 0 Å². The van der Waals surface area contributed by atoms with E-state index in [0.717, 1.165) is 12.1 Å². The van der Waals surface area contributed by atoms with E-state index in [1.807, 2.05) is 12.4 Å². The van der Waals surface area contributed by atoms with Gasteiger partial charge in [0.25, 0.3) is 0 Å². The molecule has 54 valence electrons. The molecule has 1 aromatic rings. The number of aromatic amines is 1. The van der Waals surface area contributed by atoms with E-state index in [4.69, 9.17) is 0 Å². The molecule has 0 bridgehead atoms. The van der Waals surface area contributed by atoms with Crippen LogP contribution < -0.4 is 0 Å². The van der Waals surface area contributed by atoms with Gasteiger partial charge in [0.05, 0.1) is 5.69 Å². The van der Waals surface area contributed by atoms with E-state index in [1.165, 1.54) is 5.56 Å². The number of rotatable bonds is 2. The molecule has 0 aliphatic rings. The zero-order valence-corrected chi connectivity index (χ0v) is 6.39. The van der Waals surface area contributed by atoms with E-state index >= 15 is 0 Å². The molecule has 0 amide bonds. The van der Waals surface area contributed by atoms with Crippen molar-refractivity contribution in [1.29, 1.82) is 0 Å². The van der Waals surface area contributed by atoms with Gasteiger partial charge in [-0.2, -0.15) is 0 Å². The van der Waals surface area contributed by atoms with Gasteiger partial charge in [0.15, 0.2) is 0 Å². The van der Waals surface area contributed by atoms with Gasteiger partial charge in [-0.15, -0.1) is 0 Å². The van der Waals surface area contributed by atoms with Crippen LogP contribution in [0.25, 0.3) is 0 Å². The van der Waals surface area contributed by atoms with Crippen molar-refractivity contribution in [3.63, 3.8) is 0 Å². The fraction of sp³-hybridized carbons (Fsp3) is 0.375.